The SMILES string of the molecule is COC(=O)C(c1ccccc1Cl)N1CCN(S(=O)(=O)c2ccc3oc(=O)ccc3c2)CC1. The van der Waals surface area contributed by atoms with Gasteiger partial charge in [-0.05, 0) is 35.9 Å². The van der Waals surface area contributed by atoms with Gasteiger partial charge in [-0.1, -0.05) is 29.8 Å². The van der Waals surface area contributed by atoms with Crippen molar-refractivity contribution in [2.24, 2.45) is 0 Å². The lowest BCUT2D eigenvalue weighted by Crippen LogP contribution is -2.51. The smallest absolute Gasteiger partial charge is 0.336 e. The fraction of sp³-hybridized carbons (Fsp3) is 0.273. The molecule has 1 fully saturated rings. The van der Waals surface area contributed by atoms with E-state index < -0.39 is 27.7 Å². The first-order valence-corrected chi connectivity index (χ1v) is 11.7. The van der Waals surface area contributed by atoms with E-state index in [1.165, 1.54) is 41.7 Å². The highest BCUT2D eigenvalue weighted by Gasteiger charge is 2.35. The Morgan fingerprint density at radius 1 is 1.06 bits per heavy atom. The predicted octanol–water partition coefficient (Wildman–Crippen LogP) is 2.67. The van der Waals surface area contributed by atoms with Crippen molar-refractivity contribution < 1.29 is 22.4 Å². The Morgan fingerprint density at radius 3 is 2.47 bits per heavy atom. The lowest BCUT2D eigenvalue weighted by atomic mass is 10.0. The number of carbonyl (C=O) groups is 1. The highest BCUT2D eigenvalue weighted by Crippen LogP contribution is 2.30. The van der Waals surface area contributed by atoms with E-state index in [2.05, 4.69) is 0 Å². The van der Waals surface area contributed by atoms with Crippen molar-refractivity contribution in [2.45, 2.75) is 10.9 Å². The van der Waals surface area contributed by atoms with Gasteiger partial charge in [-0.25, -0.2) is 18.0 Å². The van der Waals surface area contributed by atoms with Crippen LogP contribution in [0.3, 0.4) is 0 Å². The molecule has 1 atom stereocenters. The van der Waals surface area contributed by atoms with Gasteiger partial charge in [0, 0.05) is 42.7 Å². The number of benzene rings is 2. The lowest BCUT2D eigenvalue weighted by Gasteiger charge is -2.37. The molecule has 1 aliphatic heterocycles. The van der Waals surface area contributed by atoms with Gasteiger partial charge in [-0.15, -0.1) is 0 Å². The number of esters is 1. The van der Waals surface area contributed by atoms with Crippen LogP contribution in [0.5, 0.6) is 0 Å². The summed E-state index contributed by atoms with van der Waals surface area (Å²) in [6, 6.07) is 13.5. The maximum Gasteiger partial charge on any atom is 0.336 e. The first kappa shape index (κ1) is 22.5. The molecule has 8 nitrogen and oxygen atoms in total. The molecular formula is C22H21ClN2O6S. The van der Waals surface area contributed by atoms with Crippen molar-refractivity contribution in [3.8, 4) is 0 Å². The Kier molecular flexibility index (Phi) is 6.34. The van der Waals surface area contributed by atoms with E-state index in [-0.39, 0.29) is 18.0 Å². The molecule has 3 aromatic rings. The molecule has 168 valence electrons. The van der Waals surface area contributed by atoms with E-state index in [1.807, 2.05) is 4.90 Å². The summed E-state index contributed by atoms with van der Waals surface area (Å²) in [5.74, 6) is -0.453. The topological polar surface area (TPSA) is 97.1 Å². The van der Waals surface area contributed by atoms with Crippen molar-refractivity contribution >= 4 is 38.6 Å². The molecule has 0 saturated carbocycles. The molecule has 1 aliphatic rings. The maximum atomic E-state index is 13.2. The van der Waals surface area contributed by atoms with E-state index >= 15 is 0 Å². The Morgan fingerprint density at radius 2 is 1.78 bits per heavy atom. The Hall–Kier alpha value is -2.72. The molecule has 0 bridgehead atoms. The fourth-order valence-electron chi connectivity index (χ4n) is 3.84. The summed E-state index contributed by atoms with van der Waals surface area (Å²) in [7, 11) is -2.45. The van der Waals surface area contributed by atoms with E-state index in [9.17, 15) is 18.0 Å². The maximum absolute atomic E-state index is 13.2. The zero-order valence-corrected chi connectivity index (χ0v) is 18.8. The van der Waals surface area contributed by atoms with Gasteiger partial charge in [0.05, 0.1) is 12.0 Å². The second-order valence-electron chi connectivity index (χ2n) is 7.34. The molecule has 1 saturated heterocycles. The molecule has 1 aromatic heterocycles. The zero-order chi connectivity index (χ0) is 22.9. The molecule has 0 spiro atoms. The van der Waals surface area contributed by atoms with E-state index in [0.717, 1.165) is 0 Å². The van der Waals surface area contributed by atoms with Crippen LogP contribution < -0.4 is 5.63 Å². The fourth-order valence-corrected chi connectivity index (χ4v) is 5.54. The second kappa shape index (κ2) is 9.03. The van der Waals surface area contributed by atoms with E-state index in [0.29, 0.717) is 34.6 Å². The molecule has 10 heteroatoms. The number of carbonyl (C=O) groups excluding carboxylic acids is 1. The first-order chi connectivity index (χ1) is 15.3. The van der Waals surface area contributed by atoms with Crippen LogP contribution in [0.15, 0.2) is 68.7 Å². The number of ether oxygens (including phenoxy) is 1. The average molecular weight is 477 g/mol. The molecule has 4 rings (SSSR count). The van der Waals surface area contributed by atoms with Crippen molar-refractivity contribution in [1.29, 1.82) is 0 Å². The highest BCUT2D eigenvalue weighted by molar-refractivity contribution is 7.89. The number of hydrogen-bond acceptors (Lipinski definition) is 7. The van der Waals surface area contributed by atoms with Crippen LogP contribution in [0.2, 0.25) is 5.02 Å². The number of fused-ring (bicyclic) bond motifs is 1. The molecule has 1 unspecified atom stereocenters. The normalized spacial score (nSPS) is 16.7. The number of hydrogen-bond donors (Lipinski definition) is 0. The van der Waals surface area contributed by atoms with Gasteiger partial charge in [-0.2, -0.15) is 4.31 Å². The minimum absolute atomic E-state index is 0.114. The summed E-state index contributed by atoms with van der Waals surface area (Å²) < 4.78 is 37.8. The summed E-state index contributed by atoms with van der Waals surface area (Å²) in [5.41, 5.74) is 0.443. The molecule has 2 heterocycles. The third-order valence-corrected chi connectivity index (χ3v) is 7.73. The predicted molar refractivity (Wildman–Crippen MR) is 119 cm³/mol. The lowest BCUT2D eigenvalue weighted by molar-refractivity contribution is -0.147. The highest BCUT2D eigenvalue weighted by atomic mass is 35.5. The molecule has 0 N–H and O–H groups in total. The van der Waals surface area contributed by atoms with Gasteiger partial charge in [0.25, 0.3) is 0 Å². The third-order valence-electron chi connectivity index (χ3n) is 5.49. The minimum atomic E-state index is -3.77. The molecular weight excluding hydrogens is 456 g/mol. The largest absolute Gasteiger partial charge is 0.468 e. The van der Waals surface area contributed by atoms with Crippen LogP contribution in [0.4, 0.5) is 0 Å². The van der Waals surface area contributed by atoms with Gasteiger partial charge in [-0.3, -0.25) is 4.90 Å². The minimum Gasteiger partial charge on any atom is -0.468 e. The molecule has 0 amide bonds. The molecule has 2 aromatic carbocycles. The van der Waals surface area contributed by atoms with Crippen molar-refractivity contribution in [1.82, 2.24) is 9.21 Å². The summed E-state index contributed by atoms with van der Waals surface area (Å²) >= 11 is 6.31. The standard InChI is InChI=1S/C22H21ClN2O6S/c1-30-22(27)21(17-4-2-3-5-18(17)23)24-10-12-25(13-11-24)32(28,29)16-7-8-19-15(14-16)6-9-20(26)31-19/h2-9,14,21H,10-13H2,1H3. The van der Waals surface area contributed by atoms with Crippen LogP contribution in [0.25, 0.3) is 11.0 Å². The molecule has 0 aliphatic carbocycles. The van der Waals surface area contributed by atoms with Crippen molar-refractivity contribution in [3.05, 3.63) is 75.6 Å². The van der Waals surface area contributed by atoms with E-state index in [4.69, 9.17) is 20.8 Å². The number of rotatable bonds is 5. The van der Waals surface area contributed by atoms with Crippen molar-refractivity contribution in [2.75, 3.05) is 33.3 Å². The number of sulfonamides is 1. The third kappa shape index (κ3) is 4.29. The Bertz CT molecular complexity index is 1320. The number of methoxy groups -OCH3 is 1. The number of nitrogens with zero attached hydrogens (tertiary/aromatic N) is 2. The summed E-state index contributed by atoms with van der Waals surface area (Å²) in [6.45, 7) is 1.05. The van der Waals surface area contributed by atoms with E-state index in [1.54, 1.807) is 24.3 Å². The van der Waals surface area contributed by atoms with Gasteiger partial charge in [0.2, 0.25) is 10.0 Å². The van der Waals surface area contributed by atoms with Gasteiger partial charge in [0.1, 0.15) is 11.6 Å². The Balaban J connectivity index is 1.55. The van der Waals surface area contributed by atoms with Gasteiger partial charge < -0.3 is 9.15 Å². The van der Waals surface area contributed by atoms with Crippen LogP contribution in [-0.2, 0) is 19.6 Å². The monoisotopic (exact) mass is 476 g/mol. The zero-order valence-electron chi connectivity index (χ0n) is 17.2. The van der Waals surface area contributed by atoms with Crippen molar-refractivity contribution in [3.63, 3.8) is 0 Å². The number of piperazine rings is 1. The van der Waals surface area contributed by atoms with Crippen LogP contribution in [0, 0.1) is 0 Å². The molecule has 0 radical (unpaired) electrons. The van der Waals surface area contributed by atoms with Crippen LogP contribution >= 0.6 is 11.6 Å². The first-order valence-electron chi connectivity index (χ1n) is 9.91. The van der Waals surface area contributed by atoms with Crippen LogP contribution in [-0.4, -0.2) is 56.9 Å². The quantitative estimate of drug-likeness (QED) is 0.412. The summed E-state index contributed by atoms with van der Waals surface area (Å²) in [6.07, 6.45) is 0. The second-order valence-corrected chi connectivity index (χ2v) is 9.69. The summed E-state index contributed by atoms with van der Waals surface area (Å²) in [5, 5.41) is 0.967. The Labute approximate surface area is 190 Å². The summed E-state index contributed by atoms with van der Waals surface area (Å²) in [4.78, 5) is 25.9. The van der Waals surface area contributed by atoms with Gasteiger partial charge >= 0.3 is 11.6 Å². The number of halogens is 1. The average Bonchev–Trinajstić information content (AvgIpc) is 2.80. The van der Waals surface area contributed by atoms with Crippen LogP contribution in [0.1, 0.15) is 11.6 Å². The molecule has 32 heavy (non-hydrogen) atoms. The van der Waals surface area contributed by atoms with Gasteiger partial charge in [0.15, 0.2) is 0 Å².